The summed E-state index contributed by atoms with van der Waals surface area (Å²) in [6.07, 6.45) is 5.06. The number of aliphatic carboxylic acids is 1. The fourth-order valence-corrected chi connectivity index (χ4v) is 1.07. The molecule has 3 N–H and O–H groups in total. The first-order chi connectivity index (χ1) is 8.42. The van der Waals surface area contributed by atoms with Gasteiger partial charge >= 0.3 is 12.0 Å². The van der Waals surface area contributed by atoms with E-state index < -0.39 is 18.0 Å². The number of carbonyl (C=O) groups excluding carboxylic acids is 2. The molecule has 100 valence electrons. The van der Waals surface area contributed by atoms with Gasteiger partial charge in [0.1, 0.15) is 6.04 Å². The summed E-state index contributed by atoms with van der Waals surface area (Å²) in [5.74, 6) is 0.780. The number of carboxylic acids is 1. The summed E-state index contributed by atoms with van der Waals surface area (Å²) in [5.41, 5.74) is 0. The highest BCUT2D eigenvalue weighted by Gasteiger charge is 2.20. The lowest BCUT2D eigenvalue weighted by atomic mass is 10.2. The predicted molar refractivity (Wildman–Crippen MR) is 64.7 cm³/mol. The maximum absolute atomic E-state index is 11.6. The van der Waals surface area contributed by atoms with Crippen molar-refractivity contribution in [2.45, 2.75) is 18.9 Å². The van der Waals surface area contributed by atoms with Gasteiger partial charge in [0, 0.05) is 33.5 Å². The van der Waals surface area contributed by atoms with Gasteiger partial charge in [0.05, 0.1) is 0 Å². The molecule has 0 aromatic heterocycles. The zero-order valence-electron chi connectivity index (χ0n) is 10.4. The highest BCUT2D eigenvalue weighted by atomic mass is 16.4. The van der Waals surface area contributed by atoms with Crippen LogP contribution in [-0.2, 0) is 9.59 Å². The topological polar surface area (TPSA) is 98.7 Å². The van der Waals surface area contributed by atoms with E-state index in [9.17, 15) is 14.4 Å². The lowest BCUT2D eigenvalue weighted by Crippen LogP contribution is -2.47. The van der Waals surface area contributed by atoms with E-state index in [1.807, 2.05) is 0 Å². The second-order valence-electron chi connectivity index (χ2n) is 3.59. The molecule has 0 saturated heterocycles. The first-order valence-corrected chi connectivity index (χ1v) is 5.30. The van der Waals surface area contributed by atoms with Crippen LogP contribution in [0.15, 0.2) is 0 Å². The van der Waals surface area contributed by atoms with Crippen LogP contribution in [0.1, 0.15) is 12.8 Å². The molecular formula is C11H17N3O4. The molecule has 0 heterocycles. The molecule has 0 saturated carbocycles. The Labute approximate surface area is 106 Å². The Hall–Kier alpha value is -2.23. The molecule has 0 aliphatic rings. The van der Waals surface area contributed by atoms with Gasteiger partial charge in [-0.2, -0.15) is 0 Å². The zero-order chi connectivity index (χ0) is 14.1. The first-order valence-electron chi connectivity index (χ1n) is 5.30. The van der Waals surface area contributed by atoms with Crippen molar-refractivity contribution in [2.75, 3.05) is 20.6 Å². The fraction of sp³-hybridized carbons (Fsp3) is 0.545. The Balaban J connectivity index is 4.25. The Morgan fingerprint density at radius 2 is 2.06 bits per heavy atom. The quantitative estimate of drug-likeness (QED) is 0.543. The van der Waals surface area contributed by atoms with Gasteiger partial charge in [-0.1, -0.05) is 0 Å². The minimum Gasteiger partial charge on any atom is -0.480 e. The summed E-state index contributed by atoms with van der Waals surface area (Å²) >= 11 is 0. The molecule has 7 nitrogen and oxygen atoms in total. The summed E-state index contributed by atoms with van der Waals surface area (Å²) < 4.78 is 0. The Bertz CT molecular complexity index is 362. The molecule has 3 amide bonds. The normalized spacial score (nSPS) is 10.9. The number of terminal acetylenes is 1. The number of carbonyl (C=O) groups is 3. The largest absolute Gasteiger partial charge is 0.480 e. The zero-order valence-corrected chi connectivity index (χ0v) is 10.4. The van der Waals surface area contributed by atoms with Crippen LogP contribution in [0.5, 0.6) is 0 Å². The fourth-order valence-electron chi connectivity index (χ4n) is 1.07. The van der Waals surface area contributed by atoms with Crippen molar-refractivity contribution < 1.29 is 19.5 Å². The highest BCUT2D eigenvalue weighted by Crippen LogP contribution is 1.95. The minimum absolute atomic E-state index is 0.0929. The van der Waals surface area contributed by atoms with Gasteiger partial charge in [0.25, 0.3) is 0 Å². The van der Waals surface area contributed by atoms with Crippen LogP contribution in [0, 0.1) is 12.3 Å². The van der Waals surface area contributed by atoms with Gasteiger partial charge in [-0.3, -0.25) is 4.79 Å². The van der Waals surface area contributed by atoms with Gasteiger partial charge in [-0.25, -0.2) is 9.59 Å². The number of nitrogens with zero attached hydrogens (tertiary/aromatic N) is 1. The molecule has 18 heavy (non-hydrogen) atoms. The maximum atomic E-state index is 11.6. The van der Waals surface area contributed by atoms with Gasteiger partial charge in [0.2, 0.25) is 5.91 Å². The van der Waals surface area contributed by atoms with Crippen LogP contribution < -0.4 is 10.6 Å². The summed E-state index contributed by atoms with van der Waals surface area (Å²) in [7, 11) is 2.96. The maximum Gasteiger partial charge on any atom is 0.327 e. The van der Waals surface area contributed by atoms with E-state index in [2.05, 4.69) is 16.6 Å². The molecule has 1 atom stereocenters. The first kappa shape index (κ1) is 15.8. The highest BCUT2D eigenvalue weighted by molar-refractivity contribution is 5.83. The number of hydrogen-bond acceptors (Lipinski definition) is 3. The lowest BCUT2D eigenvalue weighted by molar-refractivity contribution is -0.139. The van der Waals surface area contributed by atoms with E-state index >= 15 is 0 Å². The Kier molecular flexibility index (Phi) is 6.96. The van der Waals surface area contributed by atoms with E-state index in [-0.39, 0.29) is 25.3 Å². The molecule has 0 fully saturated rings. The van der Waals surface area contributed by atoms with Crippen molar-refractivity contribution in [1.82, 2.24) is 15.5 Å². The third-order valence-electron chi connectivity index (χ3n) is 2.22. The van der Waals surface area contributed by atoms with E-state index in [4.69, 9.17) is 11.5 Å². The van der Waals surface area contributed by atoms with Crippen LogP contribution in [0.4, 0.5) is 4.79 Å². The number of amides is 3. The van der Waals surface area contributed by atoms with Crippen molar-refractivity contribution in [2.24, 2.45) is 0 Å². The van der Waals surface area contributed by atoms with Gasteiger partial charge < -0.3 is 20.6 Å². The van der Waals surface area contributed by atoms with Crippen molar-refractivity contribution in [3.63, 3.8) is 0 Å². The molecular weight excluding hydrogens is 238 g/mol. The summed E-state index contributed by atoms with van der Waals surface area (Å²) in [4.78, 5) is 34.6. The van der Waals surface area contributed by atoms with Crippen molar-refractivity contribution >= 4 is 17.9 Å². The number of nitrogens with one attached hydrogen (secondary N) is 2. The summed E-state index contributed by atoms with van der Waals surface area (Å²) in [6.45, 7) is 0.188. The summed E-state index contributed by atoms with van der Waals surface area (Å²) in [6, 6.07) is -1.70. The Morgan fingerprint density at radius 3 is 2.50 bits per heavy atom. The molecule has 0 radical (unpaired) electrons. The molecule has 0 aliphatic heterocycles. The predicted octanol–water partition coefficient (Wildman–Crippen LogP) is -0.760. The summed E-state index contributed by atoms with van der Waals surface area (Å²) in [5, 5.41) is 13.5. The molecule has 0 spiro atoms. The second kappa shape index (κ2) is 7.95. The van der Waals surface area contributed by atoms with Gasteiger partial charge in [-0.15, -0.1) is 12.3 Å². The molecule has 7 heteroatoms. The van der Waals surface area contributed by atoms with Crippen molar-refractivity contribution in [3.8, 4) is 12.3 Å². The standard InChI is InChI=1S/C11H17N3O4/c1-4-5-8(10(16)17)13-11(18)14(3)7-6-9(15)12-2/h1,8H,5-7H2,2-3H3,(H,12,15)(H,13,18)(H,16,17). The average molecular weight is 255 g/mol. The third-order valence-corrected chi connectivity index (χ3v) is 2.22. The second-order valence-corrected chi connectivity index (χ2v) is 3.59. The number of carboxylic acid groups (broad SMARTS) is 1. The van der Waals surface area contributed by atoms with Crippen molar-refractivity contribution in [1.29, 1.82) is 0 Å². The molecule has 0 bridgehead atoms. The number of hydrogen-bond donors (Lipinski definition) is 3. The number of urea groups is 1. The number of rotatable bonds is 6. The van der Waals surface area contributed by atoms with Crippen molar-refractivity contribution in [3.05, 3.63) is 0 Å². The van der Waals surface area contributed by atoms with E-state index in [0.29, 0.717) is 0 Å². The molecule has 0 aromatic rings. The van der Waals surface area contributed by atoms with Crippen LogP contribution in [0.25, 0.3) is 0 Å². The van der Waals surface area contributed by atoms with Gasteiger partial charge in [-0.05, 0) is 0 Å². The van der Waals surface area contributed by atoms with Crippen LogP contribution in [-0.4, -0.2) is 54.6 Å². The third kappa shape index (κ3) is 5.75. The SMILES string of the molecule is C#CCC(NC(=O)N(C)CCC(=O)NC)C(=O)O. The Morgan fingerprint density at radius 1 is 1.44 bits per heavy atom. The lowest BCUT2D eigenvalue weighted by Gasteiger charge is -2.20. The van der Waals surface area contributed by atoms with Crippen LogP contribution in [0.3, 0.4) is 0 Å². The van der Waals surface area contributed by atoms with E-state index in [0.717, 1.165) is 0 Å². The molecule has 0 aliphatic carbocycles. The molecule has 0 rings (SSSR count). The van der Waals surface area contributed by atoms with E-state index in [1.165, 1.54) is 19.0 Å². The average Bonchev–Trinajstić information content (AvgIpc) is 2.34. The minimum atomic E-state index is -1.19. The molecule has 1 unspecified atom stereocenters. The van der Waals surface area contributed by atoms with E-state index in [1.54, 1.807) is 0 Å². The van der Waals surface area contributed by atoms with Crippen LogP contribution >= 0.6 is 0 Å². The van der Waals surface area contributed by atoms with Gasteiger partial charge in [0.15, 0.2) is 0 Å². The molecule has 0 aromatic carbocycles. The van der Waals surface area contributed by atoms with Crippen LogP contribution in [0.2, 0.25) is 0 Å². The smallest absolute Gasteiger partial charge is 0.327 e. The monoisotopic (exact) mass is 255 g/mol.